The summed E-state index contributed by atoms with van der Waals surface area (Å²) in [7, 11) is 0. The van der Waals surface area contributed by atoms with Crippen LogP contribution in [0.1, 0.15) is 28.5 Å². The molecular weight excluding hydrogens is 548 g/mol. The van der Waals surface area contributed by atoms with E-state index in [4.69, 9.17) is 10.5 Å². The van der Waals surface area contributed by atoms with Crippen LogP contribution in [-0.4, -0.2) is 51.3 Å². The minimum absolute atomic E-state index is 0.0459. The van der Waals surface area contributed by atoms with Crippen molar-refractivity contribution in [3.05, 3.63) is 83.4 Å². The van der Waals surface area contributed by atoms with Crippen molar-refractivity contribution in [3.63, 3.8) is 0 Å². The Morgan fingerprint density at radius 1 is 1.15 bits per heavy atom. The van der Waals surface area contributed by atoms with Crippen molar-refractivity contribution in [2.45, 2.75) is 24.1 Å². The first kappa shape index (κ1) is 27.8. The molecule has 0 radical (unpaired) electrons. The molecule has 9 nitrogen and oxygen atoms in total. The van der Waals surface area contributed by atoms with E-state index in [1.165, 1.54) is 31.3 Å². The highest BCUT2D eigenvalue weighted by Gasteiger charge is 2.57. The lowest BCUT2D eigenvalue weighted by Gasteiger charge is -2.31. The number of rotatable bonds is 6. The van der Waals surface area contributed by atoms with Crippen molar-refractivity contribution in [1.82, 2.24) is 15.3 Å². The summed E-state index contributed by atoms with van der Waals surface area (Å²) in [6.07, 6.45) is -3.96. The Bertz CT molecular complexity index is 1700. The van der Waals surface area contributed by atoms with Gasteiger partial charge in [0.15, 0.2) is 0 Å². The SMILES string of the molecule is C[C@]1(C(N)=O)COc2c1cc(C(O)(CNC(=O)c1cc(O)c3ncccc3c1)C(F)(F)F)nc2-c1ccc(F)cc1. The molecule has 2 atom stereocenters. The number of hydrogen-bond donors (Lipinski definition) is 4. The third-order valence-electron chi connectivity index (χ3n) is 7.08. The molecule has 1 aliphatic heterocycles. The maximum atomic E-state index is 14.5. The first-order valence-electron chi connectivity index (χ1n) is 12.1. The number of benzene rings is 2. The smallest absolute Gasteiger partial charge is 0.424 e. The summed E-state index contributed by atoms with van der Waals surface area (Å²) in [5.74, 6) is -2.95. The topological polar surface area (TPSA) is 148 Å². The number of aliphatic hydroxyl groups is 1. The lowest BCUT2D eigenvalue weighted by molar-refractivity contribution is -0.265. The van der Waals surface area contributed by atoms with E-state index >= 15 is 0 Å². The number of halogens is 4. The van der Waals surface area contributed by atoms with E-state index in [1.807, 2.05) is 0 Å². The predicted molar refractivity (Wildman–Crippen MR) is 137 cm³/mol. The molecule has 0 aliphatic carbocycles. The Morgan fingerprint density at radius 3 is 2.51 bits per heavy atom. The molecule has 2 aromatic heterocycles. The molecule has 2 amide bonds. The predicted octanol–water partition coefficient (Wildman–Crippen LogP) is 3.46. The molecule has 3 heterocycles. The number of nitrogens with zero attached hydrogens (tertiary/aromatic N) is 2. The largest absolute Gasteiger partial charge is 0.506 e. The van der Waals surface area contributed by atoms with Crippen molar-refractivity contribution in [2.75, 3.05) is 13.2 Å². The summed E-state index contributed by atoms with van der Waals surface area (Å²) in [4.78, 5) is 33.3. The number of ether oxygens (including phenoxy) is 1. The highest BCUT2D eigenvalue weighted by Crippen LogP contribution is 2.47. The van der Waals surface area contributed by atoms with Crippen molar-refractivity contribution < 1.29 is 42.1 Å². The molecular formula is C28H22F4N4O5. The van der Waals surface area contributed by atoms with Gasteiger partial charge in [0.25, 0.3) is 5.91 Å². The molecule has 212 valence electrons. The Labute approximate surface area is 229 Å². The van der Waals surface area contributed by atoms with Gasteiger partial charge in [-0.05, 0) is 55.5 Å². The maximum absolute atomic E-state index is 14.5. The van der Waals surface area contributed by atoms with Crippen molar-refractivity contribution in [2.24, 2.45) is 5.73 Å². The molecule has 4 aromatic rings. The number of phenols is 1. The molecule has 0 saturated heterocycles. The van der Waals surface area contributed by atoms with Gasteiger partial charge in [-0.1, -0.05) is 6.07 Å². The van der Waals surface area contributed by atoms with Gasteiger partial charge in [-0.3, -0.25) is 14.6 Å². The van der Waals surface area contributed by atoms with Gasteiger partial charge >= 0.3 is 6.18 Å². The summed E-state index contributed by atoms with van der Waals surface area (Å²) in [6.45, 7) is -0.322. The number of aromatic nitrogens is 2. The van der Waals surface area contributed by atoms with Crippen LogP contribution < -0.4 is 15.8 Å². The number of aromatic hydroxyl groups is 1. The van der Waals surface area contributed by atoms with Crippen molar-refractivity contribution in [1.29, 1.82) is 0 Å². The van der Waals surface area contributed by atoms with E-state index in [1.54, 1.807) is 12.1 Å². The first-order chi connectivity index (χ1) is 19.2. The number of pyridine rings is 2. The molecule has 0 bridgehead atoms. The van der Waals surface area contributed by atoms with Crippen LogP contribution in [0.2, 0.25) is 0 Å². The monoisotopic (exact) mass is 570 g/mol. The first-order valence-corrected chi connectivity index (χ1v) is 12.1. The minimum Gasteiger partial charge on any atom is -0.506 e. The highest BCUT2D eigenvalue weighted by molar-refractivity contribution is 5.99. The lowest BCUT2D eigenvalue weighted by Crippen LogP contribution is -2.51. The molecule has 5 rings (SSSR count). The number of carbonyl (C=O) groups is 2. The number of alkyl halides is 3. The number of nitrogens with one attached hydrogen (secondary N) is 1. The fraction of sp³-hybridized carbons (Fsp3) is 0.214. The van der Waals surface area contributed by atoms with Crippen LogP contribution in [0.5, 0.6) is 11.5 Å². The highest BCUT2D eigenvalue weighted by atomic mass is 19.4. The number of hydrogen-bond acceptors (Lipinski definition) is 7. The Hall–Kier alpha value is -4.78. The standard InChI is InChI=1S/C28H22F4N4O5/c1-26(25(33)39)13-41-23-18(26)11-20(36-22(23)14-4-6-17(29)7-5-14)27(40,28(30,31)32)12-35-24(38)16-9-15-3-2-8-34-21(15)19(37)10-16/h2-11,37,40H,12-13H2,1H3,(H2,33,39)(H,35,38)/t26-,27?/m0/s1. The van der Waals surface area contributed by atoms with Gasteiger partial charge in [-0.25, -0.2) is 9.37 Å². The van der Waals surface area contributed by atoms with Gasteiger partial charge in [0, 0.05) is 28.3 Å². The van der Waals surface area contributed by atoms with Crippen molar-refractivity contribution >= 4 is 22.7 Å². The van der Waals surface area contributed by atoms with Crippen LogP contribution in [0.3, 0.4) is 0 Å². The number of amides is 2. The fourth-order valence-electron chi connectivity index (χ4n) is 4.55. The fourth-order valence-corrected chi connectivity index (χ4v) is 4.55. The number of phenolic OH excluding ortho intramolecular Hbond substituents is 1. The zero-order valence-corrected chi connectivity index (χ0v) is 21.3. The molecule has 5 N–H and O–H groups in total. The molecule has 41 heavy (non-hydrogen) atoms. The quantitative estimate of drug-likeness (QED) is 0.260. The summed E-state index contributed by atoms with van der Waals surface area (Å²) in [6, 6.07) is 10.9. The Balaban J connectivity index is 1.59. The average molecular weight is 570 g/mol. The third-order valence-corrected chi connectivity index (χ3v) is 7.08. The molecule has 1 aliphatic rings. The number of carbonyl (C=O) groups excluding carboxylic acids is 2. The van der Waals surface area contributed by atoms with E-state index in [0.717, 1.165) is 24.3 Å². The maximum Gasteiger partial charge on any atom is 0.424 e. The van der Waals surface area contributed by atoms with Gasteiger partial charge in [0.05, 0.1) is 12.2 Å². The minimum atomic E-state index is -5.38. The Morgan fingerprint density at radius 2 is 1.85 bits per heavy atom. The number of fused-ring (bicyclic) bond motifs is 2. The van der Waals surface area contributed by atoms with E-state index in [2.05, 4.69) is 15.3 Å². The number of nitrogens with two attached hydrogens (primary N) is 1. The van der Waals surface area contributed by atoms with E-state index in [0.29, 0.717) is 5.39 Å². The zero-order valence-electron chi connectivity index (χ0n) is 21.3. The van der Waals surface area contributed by atoms with E-state index < -0.39 is 47.1 Å². The molecule has 2 aromatic carbocycles. The van der Waals surface area contributed by atoms with E-state index in [-0.39, 0.29) is 46.0 Å². The van der Waals surface area contributed by atoms with Crippen LogP contribution in [0, 0.1) is 5.82 Å². The second-order valence-electron chi connectivity index (χ2n) is 9.84. The molecule has 1 unspecified atom stereocenters. The molecule has 13 heteroatoms. The molecule has 0 fully saturated rings. The zero-order chi connectivity index (χ0) is 29.7. The summed E-state index contributed by atoms with van der Waals surface area (Å²) in [5, 5.41) is 23.8. The van der Waals surface area contributed by atoms with Crippen LogP contribution in [0.25, 0.3) is 22.2 Å². The van der Waals surface area contributed by atoms with Gasteiger partial charge in [0.2, 0.25) is 11.5 Å². The normalized spacial score (nSPS) is 17.9. The van der Waals surface area contributed by atoms with Gasteiger partial charge < -0.3 is 26.0 Å². The molecule has 0 spiro atoms. The third kappa shape index (κ3) is 4.67. The summed E-state index contributed by atoms with van der Waals surface area (Å²) in [5.41, 5.74) is -0.827. The van der Waals surface area contributed by atoms with Crippen molar-refractivity contribution in [3.8, 4) is 22.8 Å². The van der Waals surface area contributed by atoms with Crippen LogP contribution in [-0.2, 0) is 15.8 Å². The second kappa shape index (κ2) is 9.70. The van der Waals surface area contributed by atoms with Crippen LogP contribution in [0.4, 0.5) is 17.6 Å². The lowest BCUT2D eigenvalue weighted by atomic mass is 9.81. The average Bonchev–Trinajstić information content (AvgIpc) is 3.28. The van der Waals surface area contributed by atoms with Gasteiger partial charge in [0.1, 0.15) is 40.5 Å². The second-order valence-corrected chi connectivity index (χ2v) is 9.84. The summed E-state index contributed by atoms with van der Waals surface area (Å²) < 4.78 is 62.9. The van der Waals surface area contributed by atoms with Gasteiger partial charge in [-0.15, -0.1) is 0 Å². The number of primary amides is 1. The van der Waals surface area contributed by atoms with Gasteiger partial charge in [-0.2, -0.15) is 13.2 Å². The van der Waals surface area contributed by atoms with Crippen LogP contribution >= 0.6 is 0 Å². The Kier molecular flexibility index (Phi) is 6.57. The molecule has 0 saturated carbocycles. The summed E-state index contributed by atoms with van der Waals surface area (Å²) >= 11 is 0. The van der Waals surface area contributed by atoms with Crippen LogP contribution in [0.15, 0.2) is 60.8 Å². The van der Waals surface area contributed by atoms with E-state index in [9.17, 15) is 37.4 Å².